The Morgan fingerprint density at radius 1 is 1.04 bits per heavy atom. The highest BCUT2D eigenvalue weighted by Gasteiger charge is 2.45. The van der Waals surface area contributed by atoms with Gasteiger partial charge in [0.15, 0.2) is 5.16 Å². The number of carbonyl (C=O) groups excluding carboxylic acids is 1. The highest BCUT2D eigenvalue weighted by molar-refractivity contribution is 7.98. The predicted octanol–water partition coefficient (Wildman–Crippen LogP) is 3.50. The molecule has 0 N–H and O–H groups in total. The average Bonchev–Trinajstić information content (AvgIpc) is 2.67. The summed E-state index contributed by atoms with van der Waals surface area (Å²) in [5.41, 5.74) is -0.0518. The molecular formula is C18H15ClN4O2S. The molecule has 132 valence electrons. The van der Waals surface area contributed by atoms with Crippen LogP contribution in [0.4, 0.5) is 0 Å². The maximum atomic E-state index is 12.1. The van der Waals surface area contributed by atoms with Crippen LogP contribution in [0.25, 0.3) is 0 Å². The van der Waals surface area contributed by atoms with Crippen molar-refractivity contribution < 1.29 is 9.53 Å². The van der Waals surface area contributed by atoms with Crippen molar-refractivity contribution in [3.8, 4) is 0 Å². The van der Waals surface area contributed by atoms with Gasteiger partial charge in [0.05, 0.1) is 11.4 Å². The first kappa shape index (κ1) is 18.3. The number of aromatic nitrogens is 4. The Kier molecular flexibility index (Phi) is 5.49. The predicted molar refractivity (Wildman–Crippen MR) is 98.9 cm³/mol. The molecule has 0 fully saturated rings. The van der Waals surface area contributed by atoms with E-state index in [2.05, 4.69) is 19.9 Å². The lowest BCUT2D eigenvalue weighted by Crippen LogP contribution is -2.37. The molecule has 3 aromatic heterocycles. The van der Waals surface area contributed by atoms with E-state index in [1.807, 2.05) is 12.3 Å². The summed E-state index contributed by atoms with van der Waals surface area (Å²) in [5.74, 6) is -0.500. The van der Waals surface area contributed by atoms with Gasteiger partial charge >= 0.3 is 5.97 Å². The van der Waals surface area contributed by atoms with Crippen LogP contribution >= 0.6 is 23.4 Å². The highest BCUT2D eigenvalue weighted by atomic mass is 35.5. The van der Waals surface area contributed by atoms with E-state index in [1.54, 1.807) is 48.9 Å². The Hall–Kier alpha value is -2.51. The zero-order valence-corrected chi connectivity index (χ0v) is 15.7. The first-order valence-electron chi connectivity index (χ1n) is 7.67. The van der Waals surface area contributed by atoms with Crippen LogP contribution in [0.1, 0.15) is 23.9 Å². The molecular weight excluding hydrogens is 372 g/mol. The molecule has 3 aromatic rings. The van der Waals surface area contributed by atoms with Crippen molar-refractivity contribution in [1.82, 2.24) is 19.9 Å². The van der Waals surface area contributed by atoms with E-state index in [1.165, 1.54) is 18.7 Å². The Balaban J connectivity index is 2.39. The van der Waals surface area contributed by atoms with Crippen molar-refractivity contribution in [1.29, 1.82) is 0 Å². The van der Waals surface area contributed by atoms with Crippen molar-refractivity contribution in [2.24, 2.45) is 0 Å². The van der Waals surface area contributed by atoms with Crippen LogP contribution in [0.2, 0.25) is 5.15 Å². The Morgan fingerprint density at radius 2 is 1.85 bits per heavy atom. The SMILES string of the molecule is CSc1nccc(C(OC(C)=O)(c2ccccn2)c2cccnc2Cl)n1. The zero-order chi connectivity index (χ0) is 18.6. The second-order valence-electron chi connectivity index (χ2n) is 5.26. The molecule has 1 unspecified atom stereocenters. The van der Waals surface area contributed by atoms with Crippen LogP contribution in [0.3, 0.4) is 0 Å². The normalized spacial score (nSPS) is 13.0. The molecule has 0 aliphatic carbocycles. The fourth-order valence-corrected chi connectivity index (χ4v) is 3.25. The third kappa shape index (κ3) is 3.40. The molecule has 0 radical (unpaired) electrons. The second-order valence-corrected chi connectivity index (χ2v) is 6.39. The van der Waals surface area contributed by atoms with E-state index in [-0.39, 0.29) is 5.15 Å². The molecule has 6 nitrogen and oxygen atoms in total. The first-order valence-corrected chi connectivity index (χ1v) is 9.28. The summed E-state index contributed by atoms with van der Waals surface area (Å²) in [6.07, 6.45) is 6.66. The maximum Gasteiger partial charge on any atom is 0.304 e. The van der Waals surface area contributed by atoms with Gasteiger partial charge in [-0.3, -0.25) is 9.78 Å². The van der Waals surface area contributed by atoms with E-state index >= 15 is 0 Å². The zero-order valence-electron chi connectivity index (χ0n) is 14.1. The van der Waals surface area contributed by atoms with E-state index in [0.29, 0.717) is 22.1 Å². The smallest absolute Gasteiger partial charge is 0.304 e. The number of esters is 1. The van der Waals surface area contributed by atoms with E-state index in [0.717, 1.165) is 0 Å². The van der Waals surface area contributed by atoms with E-state index < -0.39 is 11.6 Å². The van der Waals surface area contributed by atoms with Crippen molar-refractivity contribution in [3.05, 3.63) is 77.1 Å². The standard InChI is InChI=1S/C18H15ClN4O2S/c1-12(24)25-18(14-7-3-4-9-20-14,13-6-5-10-21-16(13)19)15-8-11-22-17(23-15)26-2/h3-11H,1-2H3. The number of carbonyl (C=O) groups is 1. The lowest BCUT2D eigenvalue weighted by molar-refractivity contribution is -0.151. The minimum Gasteiger partial charge on any atom is -0.441 e. The monoisotopic (exact) mass is 386 g/mol. The molecule has 3 rings (SSSR count). The quantitative estimate of drug-likeness (QED) is 0.287. The molecule has 0 amide bonds. The van der Waals surface area contributed by atoms with Crippen molar-refractivity contribution >= 4 is 29.3 Å². The highest BCUT2D eigenvalue weighted by Crippen LogP contribution is 2.41. The van der Waals surface area contributed by atoms with Crippen LogP contribution in [0.15, 0.2) is 60.1 Å². The van der Waals surface area contributed by atoms with Gasteiger partial charge in [0.2, 0.25) is 5.60 Å². The largest absolute Gasteiger partial charge is 0.441 e. The van der Waals surface area contributed by atoms with Crippen molar-refractivity contribution in [2.45, 2.75) is 17.7 Å². The third-order valence-electron chi connectivity index (χ3n) is 3.64. The molecule has 0 saturated heterocycles. The van der Waals surface area contributed by atoms with Gasteiger partial charge < -0.3 is 4.74 Å². The molecule has 0 saturated carbocycles. The molecule has 0 spiro atoms. The maximum absolute atomic E-state index is 12.1. The average molecular weight is 387 g/mol. The Labute approximate surface area is 160 Å². The Morgan fingerprint density at radius 3 is 2.50 bits per heavy atom. The molecule has 0 aliphatic rings. The van der Waals surface area contributed by atoms with Crippen LogP contribution in [-0.2, 0) is 15.1 Å². The summed E-state index contributed by atoms with van der Waals surface area (Å²) in [4.78, 5) is 29.4. The number of thioether (sulfide) groups is 1. The topological polar surface area (TPSA) is 77.9 Å². The van der Waals surface area contributed by atoms with Gasteiger partial charge in [0, 0.05) is 31.1 Å². The summed E-state index contributed by atoms with van der Waals surface area (Å²) in [6, 6.07) is 10.5. The van der Waals surface area contributed by atoms with Crippen LogP contribution in [0, 0.1) is 0 Å². The summed E-state index contributed by atoms with van der Waals surface area (Å²) in [5, 5.41) is 0.735. The summed E-state index contributed by atoms with van der Waals surface area (Å²) < 4.78 is 5.85. The van der Waals surface area contributed by atoms with Gasteiger partial charge in [-0.1, -0.05) is 29.4 Å². The third-order valence-corrected chi connectivity index (χ3v) is 4.50. The molecule has 8 heteroatoms. The van der Waals surface area contributed by atoms with Gasteiger partial charge in [0.25, 0.3) is 0 Å². The number of rotatable bonds is 5. The number of nitrogens with zero attached hydrogens (tertiary/aromatic N) is 4. The van der Waals surface area contributed by atoms with Gasteiger partial charge in [-0.15, -0.1) is 0 Å². The van der Waals surface area contributed by atoms with Crippen LogP contribution in [-0.4, -0.2) is 32.2 Å². The molecule has 0 aliphatic heterocycles. The number of hydrogen-bond donors (Lipinski definition) is 0. The lowest BCUT2D eigenvalue weighted by Gasteiger charge is -2.32. The van der Waals surface area contributed by atoms with Crippen molar-refractivity contribution in [3.63, 3.8) is 0 Å². The fraction of sp³-hybridized carbons (Fsp3) is 0.167. The minimum atomic E-state index is -1.44. The molecule has 0 aromatic carbocycles. The van der Waals surface area contributed by atoms with E-state index in [4.69, 9.17) is 16.3 Å². The van der Waals surface area contributed by atoms with Crippen molar-refractivity contribution in [2.75, 3.05) is 6.26 Å². The number of ether oxygens (including phenoxy) is 1. The summed E-state index contributed by atoms with van der Waals surface area (Å²) in [7, 11) is 0. The molecule has 0 bridgehead atoms. The lowest BCUT2D eigenvalue weighted by atomic mass is 9.87. The number of hydrogen-bond acceptors (Lipinski definition) is 7. The Bertz CT molecular complexity index is 926. The number of halogens is 1. The minimum absolute atomic E-state index is 0.198. The molecule has 1 atom stereocenters. The van der Waals surface area contributed by atoms with Gasteiger partial charge in [0.1, 0.15) is 5.15 Å². The summed E-state index contributed by atoms with van der Waals surface area (Å²) in [6.45, 7) is 1.33. The molecule has 3 heterocycles. The van der Waals surface area contributed by atoms with Crippen LogP contribution in [0.5, 0.6) is 0 Å². The second kappa shape index (κ2) is 7.80. The van der Waals surface area contributed by atoms with Gasteiger partial charge in [-0.25, -0.2) is 15.0 Å². The van der Waals surface area contributed by atoms with E-state index in [9.17, 15) is 4.79 Å². The van der Waals surface area contributed by atoms with Gasteiger partial charge in [-0.2, -0.15) is 0 Å². The van der Waals surface area contributed by atoms with Crippen LogP contribution < -0.4 is 0 Å². The molecule has 26 heavy (non-hydrogen) atoms. The summed E-state index contributed by atoms with van der Waals surface area (Å²) >= 11 is 7.77. The number of pyridine rings is 2. The first-order chi connectivity index (χ1) is 12.6. The fourth-order valence-electron chi connectivity index (χ4n) is 2.64. The van der Waals surface area contributed by atoms with Gasteiger partial charge in [-0.05, 0) is 36.6 Å².